The smallest absolute Gasteiger partial charge is 0.00881 e. The number of fused-ring (bicyclic) bond motifs is 1. The van der Waals surface area contributed by atoms with Crippen molar-refractivity contribution in [2.24, 2.45) is 0 Å². The first-order chi connectivity index (χ1) is 7.27. The van der Waals surface area contributed by atoms with E-state index < -0.39 is 0 Å². The minimum atomic E-state index is 0.665. The molecule has 0 unspecified atom stereocenters. The first-order valence-corrected chi connectivity index (χ1v) is 6.09. The SMILES string of the molecule is CC(C)c1c(C2CC2)ccc2c1C=CC2. The highest BCUT2D eigenvalue weighted by Crippen LogP contribution is 2.45. The van der Waals surface area contributed by atoms with Gasteiger partial charge in [0.1, 0.15) is 0 Å². The lowest BCUT2D eigenvalue weighted by atomic mass is 9.88. The zero-order valence-electron chi connectivity index (χ0n) is 9.59. The monoisotopic (exact) mass is 198 g/mol. The number of rotatable bonds is 2. The van der Waals surface area contributed by atoms with Crippen LogP contribution in [0.5, 0.6) is 0 Å². The first kappa shape index (κ1) is 9.21. The van der Waals surface area contributed by atoms with E-state index in [0.717, 1.165) is 12.3 Å². The lowest BCUT2D eigenvalue weighted by Crippen LogP contribution is -2.00. The van der Waals surface area contributed by atoms with Gasteiger partial charge in [-0.25, -0.2) is 0 Å². The van der Waals surface area contributed by atoms with Gasteiger partial charge in [0.25, 0.3) is 0 Å². The maximum absolute atomic E-state index is 2.39. The van der Waals surface area contributed by atoms with E-state index in [1.54, 1.807) is 11.1 Å². The van der Waals surface area contributed by atoms with Crippen molar-refractivity contribution in [3.63, 3.8) is 0 Å². The van der Waals surface area contributed by atoms with Gasteiger partial charge < -0.3 is 0 Å². The average Bonchev–Trinajstić information content (AvgIpc) is 2.94. The van der Waals surface area contributed by atoms with Crippen LogP contribution in [0.3, 0.4) is 0 Å². The van der Waals surface area contributed by atoms with Gasteiger partial charge in [-0.1, -0.05) is 38.1 Å². The fourth-order valence-corrected chi connectivity index (χ4v) is 2.77. The molecule has 0 N–H and O–H groups in total. The molecule has 2 aliphatic carbocycles. The first-order valence-electron chi connectivity index (χ1n) is 6.09. The van der Waals surface area contributed by atoms with Gasteiger partial charge in [-0.15, -0.1) is 0 Å². The third-order valence-corrected chi connectivity index (χ3v) is 3.63. The summed E-state index contributed by atoms with van der Waals surface area (Å²) in [4.78, 5) is 0. The molecule has 3 rings (SSSR count). The fraction of sp³-hybridized carbons (Fsp3) is 0.467. The van der Waals surface area contributed by atoms with Crippen LogP contribution in [-0.2, 0) is 6.42 Å². The third-order valence-electron chi connectivity index (χ3n) is 3.63. The van der Waals surface area contributed by atoms with Gasteiger partial charge in [0.05, 0.1) is 0 Å². The summed E-state index contributed by atoms with van der Waals surface area (Å²) in [5.74, 6) is 1.54. The van der Waals surface area contributed by atoms with Crippen molar-refractivity contribution in [3.8, 4) is 0 Å². The maximum atomic E-state index is 2.39. The molecule has 0 bridgehead atoms. The van der Waals surface area contributed by atoms with Gasteiger partial charge in [0.2, 0.25) is 0 Å². The summed E-state index contributed by atoms with van der Waals surface area (Å²) in [5.41, 5.74) is 6.33. The van der Waals surface area contributed by atoms with Crippen molar-refractivity contribution in [1.82, 2.24) is 0 Å². The van der Waals surface area contributed by atoms with E-state index in [1.165, 1.54) is 24.0 Å². The molecule has 0 amide bonds. The van der Waals surface area contributed by atoms with Gasteiger partial charge in [-0.05, 0) is 53.4 Å². The van der Waals surface area contributed by atoms with E-state index in [4.69, 9.17) is 0 Å². The quantitative estimate of drug-likeness (QED) is 0.666. The van der Waals surface area contributed by atoms with Crippen LogP contribution in [0.15, 0.2) is 18.2 Å². The van der Waals surface area contributed by atoms with Crippen molar-refractivity contribution in [2.75, 3.05) is 0 Å². The molecule has 0 radical (unpaired) electrons. The number of hydrogen-bond acceptors (Lipinski definition) is 0. The summed E-state index contributed by atoms with van der Waals surface area (Å²) in [5, 5.41) is 0. The molecule has 1 aromatic rings. The minimum absolute atomic E-state index is 0.665. The highest BCUT2D eigenvalue weighted by molar-refractivity contribution is 5.66. The number of allylic oxidation sites excluding steroid dienone is 1. The number of hydrogen-bond donors (Lipinski definition) is 0. The Hall–Kier alpha value is -1.04. The fourth-order valence-electron chi connectivity index (χ4n) is 2.77. The summed E-state index contributed by atoms with van der Waals surface area (Å²) < 4.78 is 0. The van der Waals surface area contributed by atoms with Gasteiger partial charge >= 0.3 is 0 Å². The van der Waals surface area contributed by atoms with Crippen LogP contribution < -0.4 is 0 Å². The Balaban J connectivity index is 2.19. The highest BCUT2D eigenvalue weighted by Gasteiger charge is 2.28. The molecule has 1 fully saturated rings. The van der Waals surface area contributed by atoms with Crippen molar-refractivity contribution < 1.29 is 0 Å². The van der Waals surface area contributed by atoms with Gasteiger partial charge in [-0.3, -0.25) is 0 Å². The Morgan fingerprint density at radius 1 is 1.20 bits per heavy atom. The molecule has 78 valence electrons. The predicted octanol–water partition coefficient (Wildman–Crippen LogP) is 4.26. The summed E-state index contributed by atoms with van der Waals surface area (Å²) >= 11 is 0. The second-order valence-electron chi connectivity index (χ2n) is 5.18. The molecule has 0 aliphatic heterocycles. The van der Waals surface area contributed by atoms with E-state index in [9.17, 15) is 0 Å². The summed E-state index contributed by atoms with van der Waals surface area (Å²) in [6.45, 7) is 4.65. The normalized spacial score (nSPS) is 18.6. The molecule has 0 heteroatoms. The molecule has 0 aromatic heterocycles. The molecule has 15 heavy (non-hydrogen) atoms. The molecule has 1 aromatic carbocycles. The molecular weight excluding hydrogens is 180 g/mol. The Labute approximate surface area is 92.0 Å². The second-order valence-corrected chi connectivity index (χ2v) is 5.18. The molecule has 0 spiro atoms. The number of benzene rings is 1. The highest BCUT2D eigenvalue weighted by atomic mass is 14.3. The molecule has 1 saturated carbocycles. The lowest BCUT2D eigenvalue weighted by molar-refractivity contribution is 0.837. The summed E-state index contributed by atoms with van der Waals surface area (Å²) in [6, 6.07) is 4.73. The van der Waals surface area contributed by atoms with E-state index in [1.807, 2.05) is 0 Å². The van der Waals surface area contributed by atoms with Gasteiger partial charge in [-0.2, -0.15) is 0 Å². The van der Waals surface area contributed by atoms with Crippen LogP contribution in [0.4, 0.5) is 0 Å². The molecule has 0 saturated heterocycles. The molecule has 0 atom stereocenters. The van der Waals surface area contributed by atoms with E-state index in [-0.39, 0.29) is 0 Å². The Morgan fingerprint density at radius 3 is 2.67 bits per heavy atom. The zero-order chi connectivity index (χ0) is 10.4. The van der Waals surface area contributed by atoms with Crippen molar-refractivity contribution in [2.45, 2.75) is 44.9 Å². The van der Waals surface area contributed by atoms with Crippen LogP contribution in [0.2, 0.25) is 0 Å². The van der Waals surface area contributed by atoms with E-state index in [2.05, 4.69) is 38.1 Å². The second kappa shape index (κ2) is 3.23. The zero-order valence-corrected chi connectivity index (χ0v) is 9.59. The molecule has 0 nitrogen and oxygen atoms in total. The standard InChI is InChI=1S/C15H18/c1-10(2)15-13-5-3-4-11(13)8-9-14(15)12-6-7-12/h3,5,8-10,12H,4,6-7H2,1-2H3. The van der Waals surface area contributed by atoms with Crippen LogP contribution in [0.1, 0.15) is 60.8 Å². The predicted molar refractivity (Wildman–Crippen MR) is 65.2 cm³/mol. The Bertz CT molecular complexity index is 420. The van der Waals surface area contributed by atoms with Gasteiger partial charge in [0, 0.05) is 0 Å². The summed E-state index contributed by atoms with van der Waals surface area (Å²) in [7, 11) is 0. The lowest BCUT2D eigenvalue weighted by Gasteiger charge is -2.17. The molecule has 2 aliphatic rings. The van der Waals surface area contributed by atoms with Gasteiger partial charge in [0.15, 0.2) is 0 Å². The van der Waals surface area contributed by atoms with E-state index >= 15 is 0 Å². The van der Waals surface area contributed by atoms with Crippen LogP contribution in [0, 0.1) is 0 Å². The maximum Gasteiger partial charge on any atom is -0.00881 e. The minimum Gasteiger partial charge on any atom is -0.0795 e. The van der Waals surface area contributed by atoms with Crippen LogP contribution >= 0.6 is 0 Å². The third kappa shape index (κ3) is 1.43. The topological polar surface area (TPSA) is 0 Å². The van der Waals surface area contributed by atoms with Crippen LogP contribution in [0.25, 0.3) is 6.08 Å². The average molecular weight is 198 g/mol. The summed E-state index contributed by atoms with van der Waals surface area (Å²) in [6.07, 6.45) is 8.58. The molecular formula is C15H18. The molecule has 0 heterocycles. The van der Waals surface area contributed by atoms with Crippen molar-refractivity contribution in [3.05, 3.63) is 40.5 Å². The largest absolute Gasteiger partial charge is 0.0795 e. The van der Waals surface area contributed by atoms with E-state index in [0.29, 0.717) is 5.92 Å². The van der Waals surface area contributed by atoms with Crippen LogP contribution in [-0.4, -0.2) is 0 Å². The Kier molecular flexibility index (Phi) is 1.98. The van der Waals surface area contributed by atoms with Crippen molar-refractivity contribution >= 4 is 6.08 Å². The van der Waals surface area contributed by atoms with Crippen molar-refractivity contribution in [1.29, 1.82) is 0 Å². The Morgan fingerprint density at radius 2 is 2.00 bits per heavy atom.